The van der Waals surface area contributed by atoms with Crippen LogP contribution < -0.4 is 5.32 Å². The highest BCUT2D eigenvalue weighted by molar-refractivity contribution is 4.76. The number of nitrogens with one attached hydrogen (secondary N) is 1. The molecule has 0 aliphatic heterocycles. The molecule has 1 rings (SSSR count). The van der Waals surface area contributed by atoms with Crippen LogP contribution in [0.4, 0.5) is 0 Å². The van der Waals surface area contributed by atoms with Gasteiger partial charge in [-0.1, -0.05) is 13.8 Å². The van der Waals surface area contributed by atoms with E-state index in [-0.39, 0.29) is 12.6 Å². The van der Waals surface area contributed by atoms with Gasteiger partial charge < -0.3 is 15.2 Å². The molecular formula is C12H25NO2. The van der Waals surface area contributed by atoms with Gasteiger partial charge in [-0.2, -0.15) is 0 Å². The molecule has 1 saturated carbocycles. The summed E-state index contributed by atoms with van der Waals surface area (Å²) in [5.74, 6) is 1.61. The summed E-state index contributed by atoms with van der Waals surface area (Å²) >= 11 is 0. The van der Waals surface area contributed by atoms with E-state index in [0.29, 0.717) is 12.7 Å². The second kappa shape index (κ2) is 6.46. The fraction of sp³-hybridized carbons (Fsp3) is 1.00. The highest BCUT2D eigenvalue weighted by Gasteiger charge is 2.25. The number of aliphatic hydroxyl groups is 1. The second-order valence-electron chi connectivity index (χ2n) is 4.89. The Balaban J connectivity index is 2.22. The van der Waals surface area contributed by atoms with Crippen molar-refractivity contribution in [2.75, 3.05) is 20.3 Å². The lowest BCUT2D eigenvalue weighted by Gasteiger charge is -2.32. The van der Waals surface area contributed by atoms with E-state index >= 15 is 0 Å². The summed E-state index contributed by atoms with van der Waals surface area (Å²) in [6, 6.07) is 0.0830. The average Bonchev–Trinajstić information content (AvgIpc) is 2.24. The van der Waals surface area contributed by atoms with E-state index in [1.807, 2.05) is 7.05 Å². The highest BCUT2D eigenvalue weighted by Crippen LogP contribution is 2.30. The predicted molar refractivity (Wildman–Crippen MR) is 61.9 cm³/mol. The zero-order chi connectivity index (χ0) is 11.3. The van der Waals surface area contributed by atoms with Crippen molar-refractivity contribution in [2.45, 2.75) is 45.3 Å². The minimum atomic E-state index is 0.0830. The van der Waals surface area contributed by atoms with Crippen LogP contribution in [0, 0.1) is 11.8 Å². The summed E-state index contributed by atoms with van der Waals surface area (Å²) in [7, 11) is 1.86. The average molecular weight is 215 g/mol. The van der Waals surface area contributed by atoms with Crippen molar-refractivity contribution in [2.24, 2.45) is 11.8 Å². The van der Waals surface area contributed by atoms with Crippen LogP contribution in [-0.4, -0.2) is 37.5 Å². The Hall–Kier alpha value is -0.120. The third kappa shape index (κ3) is 4.09. The Morgan fingerprint density at radius 2 is 2.07 bits per heavy atom. The summed E-state index contributed by atoms with van der Waals surface area (Å²) in [4.78, 5) is 0. The first-order chi connectivity index (χ1) is 7.17. The van der Waals surface area contributed by atoms with E-state index in [1.54, 1.807) is 0 Å². The Kier molecular flexibility index (Phi) is 5.58. The summed E-state index contributed by atoms with van der Waals surface area (Å²) in [5.41, 5.74) is 0. The van der Waals surface area contributed by atoms with Crippen molar-refractivity contribution < 1.29 is 9.84 Å². The first-order valence-corrected chi connectivity index (χ1v) is 6.07. The number of aliphatic hydroxyl groups excluding tert-OH is 1. The van der Waals surface area contributed by atoms with E-state index in [2.05, 4.69) is 19.2 Å². The molecule has 0 spiro atoms. The fourth-order valence-electron chi connectivity index (χ4n) is 2.13. The number of hydrogen-bond acceptors (Lipinski definition) is 3. The SMILES string of the molecule is CNC(CO)COC1CCC(C)C(C)C1. The standard InChI is InChI=1S/C12H25NO2/c1-9-4-5-12(6-10(9)2)15-8-11(7-14)13-3/h9-14H,4-8H2,1-3H3. The lowest BCUT2D eigenvalue weighted by Crippen LogP contribution is -2.37. The van der Waals surface area contributed by atoms with Crippen molar-refractivity contribution in [3.63, 3.8) is 0 Å². The minimum absolute atomic E-state index is 0.0830. The quantitative estimate of drug-likeness (QED) is 0.728. The van der Waals surface area contributed by atoms with Crippen molar-refractivity contribution in [3.8, 4) is 0 Å². The molecule has 0 saturated heterocycles. The molecule has 4 unspecified atom stereocenters. The number of ether oxygens (including phenoxy) is 1. The smallest absolute Gasteiger partial charge is 0.0645 e. The molecule has 15 heavy (non-hydrogen) atoms. The zero-order valence-electron chi connectivity index (χ0n) is 10.2. The van der Waals surface area contributed by atoms with Crippen LogP contribution in [0.25, 0.3) is 0 Å². The summed E-state index contributed by atoms with van der Waals surface area (Å²) in [6.07, 6.45) is 4.02. The maximum Gasteiger partial charge on any atom is 0.0645 e. The molecule has 1 fully saturated rings. The van der Waals surface area contributed by atoms with Gasteiger partial charge in [0.1, 0.15) is 0 Å². The molecule has 0 radical (unpaired) electrons. The van der Waals surface area contributed by atoms with Gasteiger partial charge >= 0.3 is 0 Å². The molecule has 3 heteroatoms. The van der Waals surface area contributed by atoms with E-state index in [1.165, 1.54) is 19.3 Å². The molecule has 1 aliphatic rings. The zero-order valence-corrected chi connectivity index (χ0v) is 10.2. The lowest BCUT2D eigenvalue weighted by atomic mass is 9.80. The van der Waals surface area contributed by atoms with E-state index < -0.39 is 0 Å². The predicted octanol–water partition coefficient (Wildman–Crippen LogP) is 1.41. The van der Waals surface area contributed by atoms with E-state index in [9.17, 15) is 0 Å². The van der Waals surface area contributed by atoms with Gasteiger partial charge in [-0.15, -0.1) is 0 Å². The summed E-state index contributed by atoms with van der Waals surface area (Å²) < 4.78 is 5.82. The molecule has 90 valence electrons. The molecule has 3 nitrogen and oxygen atoms in total. The topological polar surface area (TPSA) is 41.5 Å². The van der Waals surface area contributed by atoms with Crippen LogP contribution in [-0.2, 0) is 4.74 Å². The van der Waals surface area contributed by atoms with Crippen LogP contribution in [0.1, 0.15) is 33.1 Å². The lowest BCUT2D eigenvalue weighted by molar-refractivity contribution is -0.0126. The van der Waals surface area contributed by atoms with Gasteiger partial charge in [0, 0.05) is 0 Å². The molecule has 0 aromatic heterocycles. The molecule has 0 amide bonds. The van der Waals surface area contributed by atoms with Gasteiger partial charge in [0.25, 0.3) is 0 Å². The van der Waals surface area contributed by atoms with Crippen LogP contribution >= 0.6 is 0 Å². The Labute approximate surface area is 93.2 Å². The normalized spacial score (nSPS) is 34.0. The van der Waals surface area contributed by atoms with E-state index in [0.717, 1.165) is 11.8 Å². The maximum absolute atomic E-state index is 9.01. The molecule has 0 heterocycles. The molecule has 4 atom stereocenters. The Bertz CT molecular complexity index is 171. The van der Waals surface area contributed by atoms with Crippen molar-refractivity contribution >= 4 is 0 Å². The number of rotatable bonds is 5. The third-order valence-corrected chi connectivity index (χ3v) is 3.71. The summed E-state index contributed by atoms with van der Waals surface area (Å²) in [5, 5.41) is 12.0. The first-order valence-electron chi connectivity index (χ1n) is 6.07. The molecule has 0 bridgehead atoms. The van der Waals surface area contributed by atoms with Gasteiger partial charge in [-0.25, -0.2) is 0 Å². The molecule has 1 aliphatic carbocycles. The van der Waals surface area contributed by atoms with Gasteiger partial charge in [-0.05, 0) is 38.1 Å². The first kappa shape index (κ1) is 12.9. The third-order valence-electron chi connectivity index (χ3n) is 3.71. The second-order valence-corrected chi connectivity index (χ2v) is 4.89. The minimum Gasteiger partial charge on any atom is -0.395 e. The van der Waals surface area contributed by atoms with Crippen molar-refractivity contribution in [1.82, 2.24) is 5.32 Å². The monoisotopic (exact) mass is 215 g/mol. The number of likely N-dealkylation sites (N-methyl/N-ethyl adjacent to an activating group) is 1. The van der Waals surface area contributed by atoms with Crippen molar-refractivity contribution in [1.29, 1.82) is 0 Å². The van der Waals surface area contributed by atoms with E-state index in [4.69, 9.17) is 9.84 Å². The van der Waals surface area contributed by atoms with Gasteiger partial charge in [0.05, 0.1) is 25.4 Å². The number of hydrogen-bond donors (Lipinski definition) is 2. The molecule has 2 N–H and O–H groups in total. The highest BCUT2D eigenvalue weighted by atomic mass is 16.5. The van der Waals surface area contributed by atoms with Crippen LogP contribution in [0.3, 0.4) is 0 Å². The van der Waals surface area contributed by atoms with Gasteiger partial charge in [-0.3, -0.25) is 0 Å². The fourth-order valence-corrected chi connectivity index (χ4v) is 2.13. The maximum atomic E-state index is 9.01. The van der Waals surface area contributed by atoms with Crippen molar-refractivity contribution in [3.05, 3.63) is 0 Å². The van der Waals surface area contributed by atoms with Gasteiger partial charge in [0.15, 0.2) is 0 Å². The largest absolute Gasteiger partial charge is 0.395 e. The Morgan fingerprint density at radius 1 is 1.33 bits per heavy atom. The van der Waals surface area contributed by atoms with Crippen LogP contribution in [0.2, 0.25) is 0 Å². The molecule has 0 aromatic rings. The Morgan fingerprint density at radius 3 is 2.60 bits per heavy atom. The molecule has 0 aromatic carbocycles. The molecular weight excluding hydrogens is 190 g/mol. The summed E-state index contributed by atoms with van der Waals surface area (Å²) in [6.45, 7) is 5.40. The van der Waals surface area contributed by atoms with Gasteiger partial charge in [0.2, 0.25) is 0 Å². The van der Waals surface area contributed by atoms with Crippen LogP contribution in [0.15, 0.2) is 0 Å². The van der Waals surface area contributed by atoms with Crippen LogP contribution in [0.5, 0.6) is 0 Å².